The van der Waals surface area contributed by atoms with Crippen molar-refractivity contribution in [2.24, 2.45) is 11.1 Å². The number of carbonyl (C=O) groups excluding carboxylic acids is 1. The lowest BCUT2D eigenvalue weighted by atomic mass is 9.89. The molecule has 108 valence electrons. The summed E-state index contributed by atoms with van der Waals surface area (Å²) in [5.74, 6) is 0. The van der Waals surface area contributed by atoms with Crippen LogP contribution in [-0.4, -0.2) is 12.2 Å². The Balaban J connectivity index is 3.57. The molecule has 3 nitrogen and oxygen atoms in total. The maximum atomic E-state index is 10.7. The van der Waals surface area contributed by atoms with Gasteiger partial charge in [0, 0.05) is 0 Å². The minimum Gasteiger partial charge on any atom is -0.446 e. The van der Waals surface area contributed by atoms with E-state index < -0.39 is 6.09 Å². The fraction of sp³-hybridized carbons (Fsp3) is 0.933. The number of unbranched alkanes of at least 4 members (excludes halogenated alkanes) is 3. The molecule has 0 heterocycles. The predicted octanol–water partition coefficient (Wildman–Crippen LogP) is 4.64. The second kappa shape index (κ2) is 9.23. The molecular weight excluding hydrogens is 226 g/mol. The topological polar surface area (TPSA) is 52.3 Å². The first-order valence-corrected chi connectivity index (χ1v) is 7.31. The van der Waals surface area contributed by atoms with Crippen LogP contribution in [0.5, 0.6) is 0 Å². The van der Waals surface area contributed by atoms with Gasteiger partial charge in [-0.2, -0.15) is 0 Å². The molecule has 3 heteroatoms. The van der Waals surface area contributed by atoms with Crippen molar-refractivity contribution in [3.8, 4) is 0 Å². The molecule has 0 aliphatic carbocycles. The number of primary amides is 1. The zero-order chi connectivity index (χ0) is 14.0. The van der Waals surface area contributed by atoms with Gasteiger partial charge in [-0.15, -0.1) is 0 Å². The average Bonchev–Trinajstić information content (AvgIpc) is 2.21. The zero-order valence-electron chi connectivity index (χ0n) is 12.6. The maximum absolute atomic E-state index is 10.7. The van der Waals surface area contributed by atoms with E-state index in [0.717, 1.165) is 25.7 Å². The lowest BCUT2D eigenvalue weighted by Crippen LogP contribution is -2.22. The Morgan fingerprint density at radius 3 is 2.22 bits per heavy atom. The van der Waals surface area contributed by atoms with Gasteiger partial charge >= 0.3 is 6.09 Å². The molecule has 0 spiro atoms. The molecule has 0 radical (unpaired) electrons. The molecule has 1 atom stereocenters. The monoisotopic (exact) mass is 257 g/mol. The Morgan fingerprint density at radius 1 is 1.11 bits per heavy atom. The van der Waals surface area contributed by atoms with Gasteiger partial charge in [-0.25, -0.2) is 4.79 Å². The van der Waals surface area contributed by atoms with Gasteiger partial charge in [0.15, 0.2) is 0 Å². The van der Waals surface area contributed by atoms with E-state index in [4.69, 9.17) is 10.5 Å². The largest absolute Gasteiger partial charge is 0.446 e. The summed E-state index contributed by atoms with van der Waals surface area (Å²) in [5, 5.41) is 0. The van der Waals surface area contributed by atoms with Crippen LogP contribution in [0.4, 0.5) is 4.79 Å². The van der Waals surface area contributed by atoms with Crippen LogP contribution < -0.4 is 5.73 Å². The first-order chi connectivity index (χ1) is 8.35. The highest BCUT2D eigenvalue weighted by Crippen LogP contribution is 2.22. The molecule has 0 bridgehead atoms. The Hall–Kier alpha value is -0.730. The Kier molecular flexibility index (Phi) is 8.86. The number of nitrogens with two attached hydrogens (primary N) is 1. The molecule has 0 saturated heterocycles. The molecule has 0 aromatic carbocycles. The third-order valence-corrected chi connectivity index (χ3v) is 3.10. The molecule has 2 N–H and O–H groups in total. The van der Waals surface area contributed by atoms with E-state index >= 15 is 0 Å². The zero-order valence-corrected chi connectivity index (χ0v) is 12.6. The highest BCUT2D eigenvalue weighted by atomic mass is 16.6. The van der Waals surface area contributed by atoms with Crippen LogP contribution in [0.1, 0.15) is 79.1 Å². The van der Waals surface area contributed by atoms with Crippen LogP contribution in [0.25, 0.3) is 0 Å². The van der Waals surface area contributed by atoms with Crippen molar-refractivity contribution in [1.29, 1.82) is 0 Å². The Labute approximate surface area is 112 Å². The highest BCUT2D eigenvalue weighted by Gasteiger charge is 2.11. The minimum absolute atomic E-state index is 0.0233. The van der Waals surface area contributed by atoms with Gasteiger partial charge in [0.05, 0.1) is 0 Å². The van der Waals surface area contributed by atoms with Crippen LogP contribution in [0.15, 0.2) is 0 Å². The van der Waals surface area contributed by atoms with Crippen LogP contribution >= 0.6 is 0 Å². The summed E-state index contributed by atoms with van der Waals surface area (Å²) in [4.78, 5) is 10.7. The minimum atomic E-state index is -0.638. The summed E-state index contributed by atoms with van der Waals surface area (Å²) in [6, 6.07) is 0. The standard InChI is InChI=1S/C15H31NO2/c1-5-10-13(18-14(16)17)11-8-6-7-9-12-15(2,3)4/h13H,5-12H2,1-4H3,(H2,16,17). The van der Waals surface area contributed by atoms with Crippen molar-refractivity contribution in [2.75, 3.05) is 0 Å². The molecule has 1 amide bonds. The van der Waals surface area contributed by atoms with E-state index in [1.807, 2.05) is 0 Å². The third-order valence-electron chi connectivity index (χ3n) is 3.10. The van der Waals surface area contributed by atoms with E-state index in [0.29, 0.717) is 5.41 Å². The summed E-state index contributed by atoms with van der Waals surface area (Å²) in [6.07, 6.45) is 8.48. The molecule has 1 unspecified atom stereocenters. The fourth-order valence-electron chi connectivity index (χ4n) is 2.13. The number of hydrogen-bond acceptors (Lipinski definition) is 2. The molecule has 0 aliphatic rings. The van der Waals surface area contributed by atoms with Crippen LogP contribution in [0.2, 0.25) is 0 Å². The van der Waals surface area contributed by atoms with Crippen molar-refractivity contribution in [3.05, 3.63) is 0 Å². The van der Waals surface area contributed by atoms with Gasteiger partial charge in [-0.1, -0.05) is 53.4 Å². The van der Waals surface area contributed by atoms with Gasteiger partial charge in [0.2, 0.25) is 0 Å². The molecule has 0 aromatic heterocycles. The summed E-state index contributed by atoms with van der Waals surface area (Å²) in [6.45, 7) is 8.95. The fourth-order valence-corrected chi connectivity index (χ4v) is 2.13. The van der Waals surface area contributed by atoms with Gasteiger partial charge in [0.1, 0.15) is 6.10 Å². The Morgan fingerprint density at radius 2 is 1.72 bits per heavy atom. The SMILES string of the molecule is CCCC(CCCCCCC(C)(C)C)OC(N)=O. The van der Waals surface area contributed by atoms with Crippen LogP contribution in [0, 0.1) is 5.41 Å². The van der Waals surface area contributed by atoms with Crippen molar-refractivity contribution >= 4 is 6.09 Å². The number of carbonyl (C=O) groups is 1. The van der Waals surface area contributed by atoms with Crippen LogP contribution in [-0.2, 0) is 4.74 Å². The summed E-state index contributed by atoms with van der Waals surface area (Å²) in [7, 11) is 0. The summed E-state index contributed by atoms with van der Waals surface area (Å²) < 4.78 is 5.09. The van der Waals surface area contributed by atoms with E-state index in [1.54, 1.807) is 0 Å². The smallest absolute Gasteiger partial charge is 0.404 e. The van der Waals surface area contributed by atoms with Gasteiger partial charge < -0.3 is 10.5 Å². The second-order valence-electron chi connectivity index (χ2n) is 6.36. The molecular formula is C15H31NO2. The molecule has 0 fully saturated rings. The molecule has 18 heavy (non-hydrogen) atoms. The van der Waals surface area contributed by atoms with Crippen LogP contribution in [0.3, 0.4) is 0 Å². The third kappa shape index (κ3) is 11.7. The van der Waals surface area contributed by atoms with Crippen molar-refractivity contribution in [2.45, 2.75) is 85.2 Å². The first-order valence-electron chi connectivity index (χ1n) is 7.31. The lowest BCUT2D eigenvalue weighted by molar-refractivity contribution is 0.0934. The maximum Gasteiger partial charge on any atom is 0.404 e. The van der Waals surface area contributed by atoms with Crippen molar-refractivity contribution < 1.29 is 9.53 Å². The quantitative estimate of drug-likeness (QED) is 0.612. The first kappa shape index (κ1) is 17.3. The van der Waals surface area contributed by atoms with Gasteiger partial charge in [-0.05, 0) is 31.1 Å². The van der Waals surface area contributed by atoms with E-state index in [9.17, 15) is 4.79 Å². The van der Waals surface area contributed by atoms with Crippen molar-refractivity contribution in [1.82, 2.24) is 0 Å². The van der Waals surface area contributed by atoms with Crippen molar-refractivity contribution in [3.63, 3.8) is 0 Å². The van der Waals surface area contributed by atoms with Gasteiger partial charge in [0.25, 0.3) is 0 Å². The molecule has 0 aliphatic heterocycles. The predicted molar refractivity (Wildman–Crippen MR) is 76.5 cm³/mol. The highest BCUT2D eigenvalue weighted by molar-refractivity contribution is 5.64. The molecule has 0 aromatic rings. The normalized spacial score (nSPS) is 13.3. The number of hydrogen-bond donors (Lipinski definition) is 1. The van der Waals surface area contributed by atoms with E-state index in [1.165, 1.54) is 25.7 Å². The summed E-state index contributed by atoms with van der Waals surface area (Å²) in [5.41, 5.74) is 5.51. The average molecular weight is 257 g/mol. The number of rotatable bonds is 9. The summed E-state index contributed by atoms with van der Waals surface area (Å²) >= 11 is 0. The Bertz CT molecular complexity index is 221. The van der Waals surface area contributed by atoms with E-state index in [-0.39, 0.29) is 6.10 Å². The van der Waals surface area contributed by atoms with E-state index in [2.05, 4.69) is 27.7 Å². The second-order valence-corrected chi connectivity index (χ2v) is 6.36. The number of amides is 1. The van der Waals surface area contributed by atoms with Gasteiger partial charge in [-0.3, -0.25) is 0 Å². The number of ether oxygens (including phenoxy) is 1. The molecule has 0 rings (SSSR count). The molecule has 0 saturated carbocycles. The lowest BCUT2D eigenvalue weighted by Gasteiger charge is -2.18.